The molecule has 0 saturated heterocycles. The quantitative estimate of drug-likeness (QED) is 0.604. The summed E-state index contributed by atoms with van der Waals surface area (Å²) in [4.78, 5) is 10.2. The highest BCUT2D eigenvalue weighted by Gasteiger charge is 2.33. The Kier molecular flexibility index (Phi) is 3.37. The van der Waals surface area contributed by atoms with E-state index in [1.807, 2.05) is 0 Å². The molecular weight excluding hydrogens is 246 g/mol. The Morgan fingerprint density at radius 1 is 1.53 bits per heavy atom. The SMILES string of the molecule is C=CS(=O)(=O)c1c([N+](=O)[O-])c(C)nn1C(C)C. The molecule has 0 radical (unpaired) electrons. The normalized spacial score (nSPS) is 11.8. The van der Waals surface area contributed by atoms with Crippen LogP contribution >= 0.6 is 0 Å². The van der Waals surface area contributed by atoms with Gasteiger partial charge in [-0.1, -0.05) is 6.58 Å². The summed E-state index contributed by atoms with van der Waals surface area (Å²) in [7, 11) is -3.91. The van der Waals surface area contributed by atoms with Crippen LogP contribution in [0.2, 0.25) is 0 Å². The summed E-state index contributed by atoms with van der Waals surface area (Å²) in [5.74, 6) is 0. The highest BCUT2D eigenvalue weighted by molar-refractivity contribution is 7.94. The van der Waals surface area contributed by atoms with Crippen LogP contribution in [0.4, 0.5) is 5.69 Å². The standard InChI is InChI=1S/C9H13N3O4S/c1-5-17(15,16)9-8(12(13)14)7(4)10-11(9)6(2)3/h5-6H,1H2,2-4H3. The van der Waals surface area contributed by atoms with Crippen LogP contribution in [0.25, 0.3) is 0 Å². The molecule has 0 bridgehead atoms. The Hall–Kier alpha value is -1.70. The summed E-state index contributed by atoms with van der Waals surface area (Å²) in [6.07, 6.45) is 0. The minimum absolute atomic E-state index is 0.0733. The Bertz CT molecular complexity index is 571. The van der Waals surface area contributed by atoms with Crippen LogP contribution in [-0.2, 0) is 9.84 Å². The van der Waals surface area contributed by atoms with Gasteiger partial charge in [0.15, 0.2) is 0 Å². The van der Waals surface area contributed by atoms with Crippen molar-refractivity contribution in [2.45, 2.75) is 31.8 Å². The molecule has 1 aromatic rings. The molecule has 1 aromatic heterocycles. The fraction of sp³-hybridized carbons (Fsp3) is 0.444. The summed E-state index contributed by atoms with van der Waals surface area (Å²) >= 11 is 0. The first kappa shape index (κ1) is 13.4. The molecule has 0 saturated carbocycles. The highest BCUT2D eigenvalue weighted by atomic mass is 32.2. The second kappa shape index (κ2) is 4.28. The van der Waals surface area contributed by atoms with E-state index in [0.29, 0.717) is 5.41 Å². The van der Waals surface area contributed by atoms with Crippen LogP contribution in [-0.4, -0.2) is 23.1 Å². The van der Waals surface area contributed by atoms with E-state index in [1.165, 1.54) is 6.92 Å². The van der Waals surface area contributed by atoms with Gasteiger partial charge in [-0.15, -0.1) is 0 Å². The summed E-state index contributed by atoms with van der Waals surface area (Å²) in [6, 6.07) is -0.299. The first-order valence-corrected chi connectivity index (χ1v) is 6.38. The van der Waals surface area contributed by atoms with Crippen LogP contribution in [0.3, 0.4) is 0 Å². The molecule has 0 aromatic carbocycles. The van der Waals surface area contributed by atoms with Gasteiger partial charge in [0.2, 0.25) is 14.9 Å². The predicted molar refractivity (Wildman–Crippen MR) is 61.4 cm³/mol. The number of nitrogens with zero attached hydrogens (tertiary/aromatic N) is 3. The van der Waals surface area contributed by atoms with Crippen molar-refractivity contribution >= 4 is 15.5 Å². The molecule has 0 atom stereocenters. The highest BCUT2D eigenvalue weighted by Crippen LogP contribution is 2.30. The maximum Gasteiger partial charge on any atom is 0.329 e. The van der Waals surface area contributed by atoms with Crippen LogP contribution in [0.15, 0.2) is 17.0 Å². The van der Waals surface area contributed by atoms with Crippen LogP contribution in [0, 0.1) is 17.0 Å². The van der Waals surface area contributed by atoms with E-state index < -0.39 is 25.5 Å². The third-order valence-electron chi connectivity index (χ3n) is 2.17. The van der Waals surface area contributed by atoms with Gasteiger partial charge in [-0.25, -0.2) is 13.1 Å². The van der Waals surface area contributed by atoms with E-state index in [1.54, 1.807) is 13.8 Å². The fourth-order valence-electron chi connectivity index (χ4n) is 1.42. The van der Waals surface area contributed by atoms with Gasteiger partial charge in [0.25, 0.3) is 0 Å². The number of aromatic nitrogens is 2. The number of hydrogen-bond acceptors (Lipinski definition) is 5. The molecule has 17 heavy (non-hydrogen) atoms. The van der Waals surface area contributed by atoms with Gasteiger partial charge in [0.1, 0.15) is 5.69 Å². The lowest BCUT2D eigenvalue weighted by Crippen LogP contribution is -2.12. The molecule has 0 spiro atoms. The summed E-state index contributed by atoms with van der Waals surface area (Å²) < 4.78 is 24.7. The van der Waals surface area contributed by atoms with Crippen molar-refractivity contribution in [1.82, 2.24) is 9.78 Å². The first-order chi connectivity index (χ1) is 7.72. The Labute approximate surface area is 98.8 Å². The van der Waals surface area contributed by atoms with Gasteiger partial charge >= 0.3 is 5.69 Å². The summed E-state index contributed by atoms with van der Waals surface area (Å²) in [5.41, 5.74) is -0.414. The zero-order valence-electron chi connectivity index (χ0n) is 9.74. The second-order valence-electron chi connectivity index (χ2n) is 3.75. The van der Waals surface area contributed by atoms with Crippen molar-refractivity contribution < 1.29 is 13.3 Å². The number of sulfone groups is 1. The average molecular weight is 259 g/mol. The number of aryl methyl sites for hydroxylation is 1. The fourth-order valence-corrected chi connectivity index (χ4v) is 2.58. The van der Waals surface area contributed by atoms with Crippen molar-refractivity contribution in [3.63, 3.8) is 0 Å². The zero-order chi connectivity index (χ0) is 13.4. The molecule has 1 rings (SSSR count). The lowest BCUT2D eigenvalue weighted by Gasteiger charge is -2.08. The topological polar surface area (TPSA) is 95.1 Å². The third kappa shape index (κ3) is 2.21. The van der Waals surface area contributed by atoms with Crippen molar-refractivity contribution in [3.8, 4) is 0 Å². The average Bonchev–Trinajstić information content (AvgIpc) is 2.56. The Morgan fingerprint density at radius 3 is 2.41 bits per heavy atom. The van der Waals surface area contributed by atoms with Gasteiger partial charge < -0.3 is 0 Å². The van der Waals surface area contributed by atoms with Gasteiger partial charge in [-0.05, 0) is 20.8 Å². The molecule has 0 aliphatic carbocycles. The van der Waals surface area contributed by atoms with Crippen molar-refractivity contribution in [3.05, 3.63) is 27.8 Å². The van der Waals surface area contributed by atoms with Gasteiger partial charge in [0.05, 0.1) is 4.92 Å². The van der Waals surface area contributed by atoms with E-state index in [2.05, 4.69) is 11.7 Å². The molecule has 7 nitrogen and oxygen atoms in total. The lowest BCUT2D eigenvalue weighted by molar-refractivity contribution is -0.388. The number of hydrogen-bond donors (Lipinski definition) is 0. The number of rotatable bonds is 4. The van der Waals surface area contributed by atoms with Gasteiger partial charge in [0, 0.05) is 11.4 Å². The molecule has 8 heteroatoms. The first-order valence-electron chi connectivity index (χ1n) is 4.83. The zero-order valence-corrected chi connectivity index (χ0v) is 10.6. The molecule has 0 amide bonds. The number of nitro groups is 1. The van der Waals surface area contributed by atoms with Gasteiger partial charge in [-0.3, -0.25) is 10.1 Å². The third-order valence-corrected chi connectivity index (χ3v) is 3.53. The smallest absolute Gasteiger partial charge is 0.258 e. The molecular formula is C9H13N3O4S. The molecule has 0 N–H and O–H groups in total. The minimum Gasteiger partial charge on any atom is -0.258 e. The van der Waals surface area contributed by atoms with Crippen molar-refractivity contribution in [1.29, 1.82) is 0 Å². The van der Waals surface area contributed by atoms with Crippen molar-refractivity contribution in [2.75, 3.05) is 0 Å². The lowest BCUT2D eigenvalue weighted by atomic mass is 10.4. The molecule has 0 unspecified atom stereocenters. The molecule has 0 aliphatic rings. The maximum atomic E-state index is 11.8. The van der Waals surface area contributed by atoms with E-state index in [-0.39, 0.29) is 11.7 Å². The van der Waals surface area contributed by atoms with Crippen LogP contribution in [0.1, 0.15) is 25.6 Å². The van der Waals surface area contributed by atoms with E-state index in [9.17, 15) is 18.5 Å². The maximum absolute atomic E-state index is 11.8. The van der Waals surface area contributed by atoms with E-state index >= 15 is 0 Å². The summed E-state index contributed by atoms with van der Waals surface area (Å²) in [5, 5.41) is 15.1. The summed E-state index contributed by atoms with van der Waals surface area (Å²) in [6.45, 7) is 7.95. The largest absolute Gasteiger partial charge is 0.329 e. The molecule has 0 aliphatic heterocycles. The predicted octanol–water partition coefficient (Wildman–Crippen LogP) is 1.60. The van der Waals surface area contributed by atoms with Crippen molar-refractivity contribution in [2.24, 2.45) is 0 Å². The minimum atomic E-state index is -3.91. The second-order valence-corrected chi connectivity index (χ2v) is 5.56. The molecule has 94 valence electrons. The Morgan fingerprint density at radius 2 is 2.06 bits per heavy atom. The van der Waals surface area contributed by atoms with Crippen LogP contribution in [0.5, 0.6) is 0 Å². The van der Waals surface area contributed by atoms with E-state index in [4.69, 9.17) is 0 Å². The molecule has 0 fully saturated rings. The van der Waals surface area contributed by atoms with E-state index in [0.717, 1.165) is 4.68 Å². The van der Waals surface area contributed by atoms with Gasteiger partial charge in [-0.2, -0.15) is 5.10 Å². The molecule has 1 heterocycles. The Balaban J connectivity index is 3.76. The monoisotopic (exact) mass is 259 g/mol. The van der Waals surface area contributed by atoms with Crippen LogP contribution < -0.4 is 0 Å².